The molecule has 0 aliphatic heterocycles. The van der Waals surface area contributed by atoms with Crippen molar-refractivity contribution in [3.05, 3.63) is 23.3 Å². The van der Waals surface area contributed by atoms with Crippen LogP contribution < -0.4 is 0 Å². The number of ketones is 2. The summed E-state index contributed by atoms with van der Waals surface area (Å²) in [4.78, 5) is 23.0. The summed E-state index contributed by atoms with van der Waals surface area (Å²) < 4.78 is 0. The van der Waals surface area contributed by atoms with E-state index >= 15 is 0 Å². The molecule has 2 rings (SSSR count). The average Bonchev–Trinajstić information content (AvgIpc) is 2.02. The first-order chi connectivity index (χ1) is 6.09. The minimum atomic E-state index is -0.0219. The van der Waals surface area contributed by atoms with Gasteiger partial charge in [0.05, 0.1) is 0 Å². The molecule has 0 radical (unpaired) electrons. The van der Waals surface area contributed by atoms with Gasteiger partial charge in [-0.05, 0) is 32.4 Å². The van der Waals surface area contributed by atoms with E-state index in [1.807, 2.05) is 13.8 Å². The Bertz CT molecular complexity index is 313. The van der Waals surface area contributed by atoms with Gasteiger partial charge in [-0.25, -0.2) is 0 Å². The van der Waals surface area contributed by atoms with Gasteiger partial charge >= 0.3 is 0 Å². The van der Waals surface area contributed by atoms with Crippen LogP contribution in [-0.4, -0.2) is 11.6 Å². The zero-order valence-corrected chi connectivity index (χ0v) is 7.83. The highest BCUT2D eigenvalue weighted by atomic mass is 16.1. The lowest BCUT2D eigenvalue weighted by molar-refractivity contribution is -0.122. The van der Waals surface area contributed by atoms with Crippen LogP contribution in [0.1, 0.15) is 20.3 Å². The molecule has 0 heterocycles. The topological polar surface area (TPSA) is 34.1 Å². The SMILES string of the molecule is CC1=CC(=O)[C@@H]2C[C@H]1C(=O)C=C2C. The lowest BCUT2D eigenvalue weighted by Crippen LogP contribution is -2.32. The first kappa shape index (κ1) is 8.42. The van der Waals surface area contributed by atoms with Crippen LogP contribution >= 0.6 is 0 Å². The van der Waals surface area contributed by atoms with E-state index in [2.05, 4.69) is 0 Å². The van der Waals surface area contributed by atoms with Gasteiger partial charge < -0.3 is 0 Å². The third-order valence-electron chi connectivity index (χ3n) is 3.00. The molecule has 0 aromatic rings. The smallest absolute Gasteiger partial charge is 0.162 e. The van der Waals surface area contributed by atoms with Crippen molar-refractivity contribution in [2.45, 2.75) is 20.3 Å². The molecular weight excluding hydrogens is 164 g/mol. The van der Waals surface area contributed by atoms with Crippen LogP contribution in [0, 0.1) is 11.8 Å². The monoisotopic (exact) mass is 176 g/mol. The van der Waals surface area contributed by atoms with Crippen molar-refractivity contribution in [2.75, 3.05) is 0 Å². The molecule has 0 spiro atoms. The van der Waals surface area contributed by atoms with Crippen molar-refractivity contribution in [3.63, 3.8) is 0 Å². The van der Waals surface area contributed by atoms with Crippen LogP contribution in [0.4, 0.5) is 0 Å². The first-order valence-electron chi connectivity index (χ1n) is 4.53. The van der Waals surface area contributed by atoms with Crippen molar-refractivity contribution < 1.29 is 9.59 Å². The van der Waals surface area contributed by atoms with Gasteiger partial charge in [-0.2, -0.15) is 0 Å². The van der Waals surface area contributed by atoms with Crippen LogP contribution in [0.3, 0.4) is 0 Å². The number of carbonyl (C=O) groups excluding carboxylic acids is 2. The van der Waals surface area contributed by atoms with Crippen LogP contribution in [0.25, 0.3) is 0 Å². The minimum Gasteiger partial charge on any atom is -0.294 e. The van der Waals surface area contributed by atoms with E-state index in [4.69, 9.17) is 0 Å². The van der Waals surface area contributed by atoms with E-state index in [0.717, 1.165) is 11.1 Å². The second kappa shape index (κ2) is 2.66. The highest BCUT2D eigenvalue weighted by molar-refractivity contribution is 6.04. The van der Waals surface area contributed by atoms with Gasteiger partial charge in [-0.3, -0.25) is 9.59 Å². The quantitative estimate of drug-likeness (QED) is 0.562. The Morgan fingerprint density at radius 3 is 1.77 bits per heavy atom. The predicted octanol–water partition coefficient (Wildman–Crippen LogP) is 1.67. The molecule has 0 saturated carbocycles. The first-order valence-corrected chi connectivity index (χ1v) is 4.53. The third kappa shape index (κ3) is 1.17. The molecule has 0 fully saturated rings. The maximum Gasteiger partial charge on any atom is 0.162 e. The molecule has 2 bridgehead atoms. The number of fused-ring (bicyclic) bond motifs is 2. The molecule has 0 unspecified atom stereocenters. The highest BCUT2D eigenvalue weighted by Crippen LogP contribution is 2.35. The Morgan fingerprint density at radius 2 is 1.38 bits per heavy atom. The van der Waals surface area contributed by atoms with Crippen LogP contribution in [0.5, 0.6) is 0 Å². The lowest BCUT2D eigenvalue weighted by atomic mass is 9.72. The Morgan fingerprint density at radius 1 is 1.00 bits per heavy atom. The largest absolute Gasteiger partial charge is 0.294 e. The molecule has 68 valence electrons. The Labute approximate surface area is 77.3 Å². The summed E-state index contributed by atoms with van der Waals surface area (Å²) >= 11 is 0. The van der Waals surface area contributed by atoms with Gasteiger partial charge in [0.1, 0.15) is 0 Å². The molecule has 2 aliphatic rings. The number of allylic oxidation sites excluding steroid dienone is 4. The number of carbonyl (C=O) groups is 2. The molecule has 0 N–H and O–H groups in total. The van der Waals surface area contributed by atoms with Crippen molar-refractivity contribution in [3.8, 4) is 0 Å². The van der Waals surface area contributed by atoms with E-state index in [1.54, 1.807) is 12.2 Å². The van der Waals surface area contributed by atoms with E-state index < -0.39 is 0 Å². The summed E-state index contributed by atoms with van der Waals surface area (Å²) in [5.74, 6) is 0.280. The van der Waals surface area contributed by atoms with E-state index in [1.165, 1.54) is 0 Å². The molecule has 2 aliphatic carbocycles. The number of hydrogen-bond acceptors (Lipinski definition) is 2. The van der Waals surface area contributed by atoms with Crippen LogP contribution in [-0.2, 0) is 9.59 Å². The van der Waals surface area contributed by atoms with Gasteiger partial charge in [0.2, 0.25) is 0 Å². The molecule has 2 atom stereocenters. The fourth-order valence-corrected chi connectivity index (χ4v) is 2.14. The van der Waals surface area contributed by atoms with Crippen molar-refractivity contribution in [1.29, 1.82) is 0 Å². The summed E-state index contributed by atoms with van der Waals surface area (Å²) in [5.41, 5.74) is 1.85. The molecule has 0 aromatic heterocycles. The third-order valence-corrected chi connectivity index (χ3v) is 3.00. The van der Waals surface area contributed by atoms with E-state index in [0.29, 0.717) is 6.42 Å². The lowest BCUT2D eigenvalue weighted by Gasteiger charge is -2.30. The number of hydrogen-bond donors (Lipinski definition) is 0. The summed E-state index contributed by atoms with van der Waals surface area (Å²) in [5, 5.41) is 0. The number of rotatable bonds is 0. The van der Waals surface area contributed by atoms with Gasteiger partial charge in [0, 0.05) is 11.8 Å². The maximum absolute atomic E-state index is 11.5. The molecule has 2 heteroatoms. The fraction of sp³-hybridized carbons (Fsp3) is 0.455. The molecule has 0 saturated heterocycles. The van der Waals surface area contributed by atoms with E-state index in [-0.39, 0.29) is 23.4 Å². The van der Waals surface area contributed by atoms with Gasteiger partial charge in [-0.1, -0.05) is 11.1 Å². The van der Waals surface area contributed by atoms with Crippen molar-refractivity contribution >= 4 is 11.6 Å². The second-order valence-electron chi connectivity index (χ2n) is 3.92. The summed E-state index contributed by atoms with van der Waals surface area (Å²) in [6.45, 7) is 3.73. The standard InChI is InChI=1S/C11H12O2/c1-6-3-10(12)9-5-8(6)11(13)4-7(9)2/h3-4,8-9H,5H2,1-2H3/t8-,9-/m1/s1. The molecule has 0 aromatic carbocycles. The van der Waals surface area contributed by atoms with Crippen LogP contribution in [0.15, 0.2) is 23.3 Å². The highest BCUT2D eigenvalue weighted by Gasteiger charge is 2.35. The summed E-state index contributed by atoms with van der Waals surface area (Å²) in [6, 6.07) is 0. The second-order valence-corrected chi connectivity index (χ2v) is 3.92. The minimum absolute atomic E-state index is 0.0219. The zero-order chi connectivity index (χ0) is 9.59. The Hall–Kier alpha value is -1.18. The molecule has 13 heavy (non-hydrogen) atoms. The summed E-state index contributed by atoms with van der Waals surface area (Å²) in [6.07, 6.45) is 3.96. The Kier molecular flexibility index (Phi) is 1.72. The van der Waals surface area contributed by atoms with Crippen molar-refractivity contribution in [2.24, 2.45) is 11.8 Å². The van der Waals surface area contributed by atoms with Gasteiger partial charge in [0.25, 0.3) is 0 Å². The Balaban J connectivity index is 2.47. The normalized spacial score (nSPS) is 32.8. The van der Waals surface area contributed by atoms with Crippen LogP contribution in [0.2, 0.25) is 0 Å². The zero-order valence-electron chi connectivity index (χ0n) is 7.83. The summed E-state index contributed by atoms with van der Waals surface area (Å²) in [7, 11) is 0. The average molecular weight is 176 g/mol. The molecule has 2 nitrogen and oxygen atoms in total. The maximum atomic E-state index is 11.5. The molecular formula is C11H12O2. The predicted molar refractivity (Wildman–Crippen MR) is 49.1 cm³/mol. The fourth-order valence-electron chi connectivity index (χ4n) is 2.14. The molecule has 0 amide bonds. The van der Waals surface area contributed by atoms with Gasteiger partial charge in [0.15, 0.2) is 11.6 Å². The van der Waals surface area contributed by atoms with E-state index in [9.17, 15) is 9.59 Å². The van der Waals surface area contributed by atoms with Gasteiger partial charge in [-0.15, -0.1) is 0 Å². The van der Waals surface area contributed by atoms with Crippen molar-refractivity contribution in [1.82, 2.24) is 0 Å².